The average Bonchev–Trinajstić information content (AvgIpc) is 3.17. The maximum Gasteiger partial charge on any atom is 0.219 e. The predicted molar refractivity (Wildman–Crippen MR) is 210 cm³/mol. The number of ether oxygens (including phenoxy) is 2. The minimum atomic E-state index is 0.135. The van der Waals surface area contributed by atoms with E-state index >= 15 is 0 Å². The topological polar surface area (TPSA) is 100 Å². The summed E-state index contributed by atoms with van der Waals surface area (Å²) in [5.41, 5.74) is 5.49. The summed E-state index contributed by atoms with van der Waals surface area (Å²) in [5.74, 6) is 1.74. The van der Waals surface area contributed by atoms with E-state index in [2.05, 4.69) is 27.2 Å². The molecule has 0 radical (unpaired) electrons. The molecule has 6 rings (SSSR count). The van der Waals surface area contributed by atoms with Crippen LogP contribution in [0.1, 0.15) is 45.1 Å². The number of rotatable bonds is 12. The number of aromatic nitrogens is 2. The molecule has 280 valence electrons. The molecule has 2 amide bonds. The van der Waals surface area contributed by atoms with Gasteiger partial charge in [0, 0.05) is 111 Å². The number of carbonyl (C=O) groups is 2. The normalized spacial score (nSPS) is 15.5. The molecule has 2 saturated heterocycles. The zero-order chi connectivity index (χ0) is 37.5. The molecule has 2 aliphatic heterocycles. The van der Waals surface area contributed by atoms with Crippen molar-refractivity contribution < 1.29 is 19.1 Å². The van der Waals surface area contributed by atoms with Crippen molar-refractivity contribution in [2.75, 3.05) is 53.5 Å². The number of pyridine rings is 2. The smallest absolute Gasteiger partial charge is 0.219 e. The minimum absolute atomic E-state index is 0.135. The van der Waals surface area contributed by atoms with E-state index in [1.165, 1.54) is 0 Å². The molecule has 0 bridgehead atoms. The Hall–Kier alpha value is -4.22. The number of benzene rings is 2. The molecule has 0 spiro atoms. The van der Waals surface area contributed by atoms with E-state index in [0.717, 1.165) is 92.0 Å². The second-order valence-electron chi connectivity index (χ2n) is 13.8. The van der Waals surface area contributed by atoms with Crippen molar-refractivity contribution >= 4 is 35.0 Å². The summed E-state index contributed by atoms with van der Waals surface area (Å²) >= 11 is 14.2. The third-order valence-electron chi connectivity index (χ3n) is 10.5. The maximum atomic E-state index is 11.7. The van der Waals surface area contributed by atoms with Crippen LogP contribution >= 0.6 is 23.2 Å². The van der Waals surface area contributed by atoms with E-state index in [4.69, 9.17) is 32.7 Å². The molecule has 2 aromatic heterocycles. The van der Waals surface area contributed by atoms with Crippen LogP contribution in [0.5, 0.6) is 11.5 Å². The van der Waals surface area contributed by atoms with Gasteiger partial charge in [0.15, 0.2) is 0 Å². The van der Waals surface area contributed by atoms with Gasteiger partial charge in [0.05, 0.1) is 28.5 Å². The summed E-state index contributed by atoms with van der Waals surface area (Å²) in [6.45, 7) is 8.37. The lowest BCUT2D eigenvalue weighted by Gasteiger charge is -2.36. The number of likely N-dealkylation sites (tertiary alicyclic amines) is 2. The predicted octanol–water partition coefficient (Wildman–Crippen LogP) is 7.22. The second kappa shape index (κ2) is 17.7. The maximum absolute atomic E-state index is 11.7. The van der Waals surface area contributed by atoms with Crippen molar-refractivity contribution in [3.8, 4) is 45.1 Å². The van der Waals surface area contributed by atoms with Gasteiger partial charge in [-0.05, 0) is 50.9 Å². The molecule has 2 aliphatic rings. The third-order valence-corrected chi connectivity index (χ3v) is 11.3. The van der Waals surface area contributed by atoms with Crippen molar-refractivity contribution in [3.05, 3.63) is 82.6 Å². The standard InChI is InChI=1S/C41H48Cl2N6O4/c1-27(50)48-18-12-31(13-19-48)46-26-30-9-8-29(24-38(30)52-4)41-40(43)35(11-17-45-41)34-6-5-7-36(39(34)42)37-25-33(10-16-44-37)53-23-22-47(3)32-14-20-49(21-15-32)28(2)51/h5-11,16-17,24-25,31-32,46H,12-15,18-23,26H2,1-4H3. The van der Waals surface area contributed by atoms with Gasteiger partial charge in [-0.1, -0.05) is 53.5 Å². The largest absolute Gasteiger partial charge is 0.496 e. The van der Waals surface area contributed by atoms with Crippen LogP contribution in [-0.2, 0) is 16.1 Å². The fraction of sp³-hybridized carbons (Fsp3) is 0.415. The molecule has 0 unspecified atom stereocenters. The second-order valence-corrected chi connectivity index (χ2v) is 14.6. The molecule has 0 atom stereocenters. The molecule has 0 aliphatic carbocycles. The summed E-state index contributed by atoms with van der Waals surface area (Å²) < 4.78 is 12.0. The van der Waals surface area contributed by atoms with E-state index in [0.29, 0.717) is 52.4 Å². The monoisotopic (exact) mass is 758 g/mol. The highest BCUT2D eigenvalue weighted by Crippen LogP contribution is 2.42. The molecular formula is C41H48Cl2N6O4. The van der Waals surface area contributed by atoms with Crippen LogP contribution in [0.2, 0.25) is 10.0 Å². The average molecular weight is 760 g/mol. The summed E-state index contributed by atoms with van der Waals surface area (Å²) in [6, 6.07) is 18.3. The van der Waals surface area contributed by atoms with Crippen LogP contribution < -0.4 is 14.8 Å². The Kier molecular flexibility index (Phi) is 12.9. The number of likely N-dealkylation sites (N-methyl/N-ethyl adjacent to an activating group) is 1. The molecule has 4 aromatic rings. The highest BCUT2D eigenvalue weighted by Gasteiger charge is 2.24. The van der Waals surface area contributed by atoms with E-state index in [-0.39, 0.29) is 11.8 Å². The molecule has 1 N–H and O–H groups in total. The van der Waals surface area contributed by atoms with Crippen LogP contribution in [0, 0.1) is 0 Å². The number of halogens is 2. The van der Waals surface area contributed by atoms with Gasteiger partial charge in [0.1, 0.15) is 18.1 Å². The van der Waals surface area contributed by atoms with Crippen LogP contribution in [0.25, 0.3) is 33.6 Å². The minimum Gasteiger partial charge on any atom is -0.496 e. The Morgan fingerprint density at radius 3 is 2.21 bits per heavy atom. The van der Waals surface area contributed by atoms with E-state index in [1.54, 1.807) is 33.4 Å². The number of hydrogen-bond acceptors (Lipinski definition) is 8. The van der Waals surface area contributed by atoms with Gasteiger partial charge in [0.25, 0.3) is 0 Å². The molecule has 2 fully saturated rings. The van der Waals surface area contributed by atoms with Crippen molar-refractivity contribution in [1.29, 1.82) is 0 Å². The number of hydrogen-bond donors (Lipinski definition) is 1. The molecule has 12 heteroatoms. The number of amides is 2. The number of carbonyl (C=O) groups excluding carboxylic acids is 2. The van der Waals surface area contributed by atoms with E-state index < -0.39 is 0 Å². The first kappa shape index (κ1) is 38.5. The lowest BCUT2D eigenvalue weighted by Crippen LogP contribution is -2.45. The first-order valence-electron chi connectivity index (χ1n) is 18.3. The zero-order valence-electron chi connectivity index (χ0n) is 30.9. The van der Waals surface area contributed by atoms with E-state index in [1.807, 2.05) is 64.4 Å². The van der Waals surface area contributed by atoms with Crippen LogP contribution in [0.15, 0.2) is 67.0 Å². The van der Waals surface area contributed by atoms with Gasteiger partial charge in [-0.25, -0.2) is 0 Å². The molecule has 10 nitrogen and oxygen atoms in total. The van der Waals surface area contributed by atoms with Gasteiger partial charge in [0.2, 0.25) is 11.8 Å². The summed E-state index contributed by atoms with van der Waals surface area (Å²) in [6.07, 6.45) is 7.26. The Balaban J connectivity index is 1.13. The number of methoxy groups -OCH3 is 1. The van der Waals surface area contributed by atoms with Crippen molar-refractivity contribution in [2.45, 2.75) is 58.2 Å². The zero-order valence-corrected chi connectivity index (χ0v) is 32.4. The van der Waals surface area contributed by atoms with Crippen LogP contribution in [-0.4, -0.2) is 102 Å². The van der Waals surface area contributed by atoms with Crippen molar-refractivity contribution in [2.24, 2.45) is 0 Å². The Labute approximate surface area is 322 Å². The third kappa shape index (κ3) is 9.30. The summed E-state index contributed by atoms with van der Waals surface area (Å²) in [7, 11) is 3.78. The molecule has 4 heterocycles. The summed E-state index contributed by atoms with van der Waals surface area (Å²) in [5, 5.41) is 4.65. The molecule has 53 heavy (non-hydrogen) atoms. The van der Waals surface area contributed by atoms with Crippen LogP contribution in [0.3, 0.4) is 0 Å². The van der Waals surface area contributed by atoms with Gasteiger partial charge < -0.3 is 24.6 Å². The van der Waals surface area contributed by atoms with Gasteiger partial charge in [-0.15, -0.1) is 0 Å². The Morgan fingerprint density at radius 1 is 0.849 bits per heavy atom. The fourth-order valence-electron chi connectivity index (χ4n) is 7.24. The number of nitrogens with one attached hydrogen (secondary N) is 1. The van der Waals surface area contributed by atoms with Crippen molar-refractivity contribution in [3.63, 3.8) is 0 Å². The Bertz CT molecular complexity index is 1910. The molecule has 2 aromatic carbocycles. The van der Waals surface area contributed by atoms with Crippen molar-refractivity contribution in [1.82, 2.24) is 30.0 Å². The van der Waals surface area contributed by atoms with Gasteiger partial charge >= 0.3 is 0 Å². The first-order chi connectivity index (χ1) is 25.6. The SMILES string of the molecule is COc1cc(-c2nccc(-c3cccc(-c4cc(OCCN(C)C5CCN(C(C)=O)CC5)ccn4)c3Cl)c2Cl)ccc1CNC1CCN(C(C)=O)CC1. The van der Waals surface area contributed by atoms with E-state index in [9.17, 15) is 9.59 Å². The molecular weight excluding hydrogens is 711 g/mol. The Morgan fingerprint density at radius 2 is 1.51 bits per heavy atom. The highest BCUT2D eigenvalue weighted by molar-refractivity contribution is 6.39. The summed E-state index contributed by atoms with van der Waals surface area (Å²) in [4.78, 5) is 38.8. The van der Waals surface area contributed by atoms with Gasteiger partial charge in [-0.3, -0.25) is 24.5 Å². The van der Waals surface area contributed by atoms with Gasteiger partial charge in [-0.2, -0.15) is 0 Å². The number of piperidine rings is 2. The lowest BCUT2D eigenvalue weighted by molar-refractivity contribution is -0.131. The highest BCUT2D eigenvalue weighted by atomic mass is 35.5. The first-order valence-corrected chi connectivity index (χ1v) is 19.0. The number of nitrogens with zero attached hydrogens (tertiary/aromatic N) is 5. The fourth-order valence-corrected chi connectivity index (χ4v) is 7.89. The van der Waals surface area contributed by atoms with Crippen LogP contribution in [0.4, 0.5) is 0 Å². The molecule has 0 saturated carbocycles. The lowest BCUT2D eigenvalue weighted by atomic mass is 9.99. The quantitative estimate of drug-likeness (QED) is 0.162.